The molecule has 1 aliphatic rings. The largest absolute Gasteiger partial charge is 0.486 e. The number of carbonyl (C=O) groups is 1. The topological polar surface area (TPSA) is 75.0 Å². The third-order valence-corrected chi connectivity index (χ3v) is 5.19. The third-order valence-electron chi connectivity index (χ3n) is 5.19. The Morgan fingerprint density at radius 3 is 2.74 bits per heavy atom. The van der Waals surface area contributed by atoms with E-state index in [0.717, 1.165) is 0 Å². The van der Waals surface area contributed by atoms with Gasteiger partial charge in [0.1, 0.15) is 18.4 Å². The van der Waals surface area contributed by atoms with Crippen molar-refractivity contribution in [3.8, 4) is 11.8 Å². The predicted molar refractivity (Wildman–Crippen MR) is 103 cm³/mol. The maximum atomic E-state index is 12.5. The number of nitriles is 1. The molecule has 0 bridgehead atoms. The van der Waals surface area contributed by atoms with Crippen LogP contribution in [0.15, 0.2) is 42.6 Å². The summed E-state index contributed by atoms with van der Waals surface area (Å²) in [4.78, 5) is 16.8. The van der Waals surface area contributed by atoms with Crippen LogP contribution in [0.4, 0.5) is 0 Å². The highest BCUT2D eigenvalue weighted by Gasteiger charge is 2.21. The van der Waals surface area contributed by atoms with Crippen molar-refractivity contribution in [2.75, 3.05) is 0 Å². The van der Waals surface area contributed by atoms with Gasteiger partial charge in [0.05, 0.1) is 16.8 Å². The molecule has 0 radical (unpaired) electrons. The van der Waals surface area contributed by atoms with E-state index in [-0.39, 0.29) is 18.6 Å². The molecule has 140 valence electrons. The molecule has 0 aliphatic heterocycles. The van der Waals surface area contributed by atoms with Crippen LogP contribution in [-0.2, 0) is 6.61 Å². The van der Waals surface area contributed by atoms with Gasteiger partial charge in [-0.25, -0.2) is 0 Å². The number of carbonyl (C=O) groups excluding carboxylic acids is 1. The number of para-hydroxylation sites is 1. The first-order chi connectivity index (χ1) is 13.2. The average Bonchev–Trinajstić information content (AvgIpc) is 2.73. The van der Waals surface area contributed by atoms with Crippen LogP contribution in [0.5, 0.6) is 5.75 Å². The fourth-order valence-corrected chi connectivity index (χ4v) is 3.52. The first-order valence-corrected chi connectivity index (χ1v) is 9.55. The molecule has 5 heteroatoms. The normalized spacial score (nSPS) is 15.6. The molecule has 1 fully saturated rings. The van der Waals surface area contributed by atoms with Crippen LogP contribution in [0, 0.1) is 17.2 Å². The lowest BCUT2D eigenvalue weighted by atomic mass is 9.84. The van der Waals surface area contributed by atoms with Crippen molar-refractivity contribution in [3.63, 3.8) is 0 Å². The van der Waals surface area contributed by atoms with Crippen molar-refractivity contribution in [1.82, 2.24) is 10.3 Å². The Morgan fingerprint density at radius 1 is 1.26 bits per heavy atom. The zero-order valence-electron chi connectivity index (χ0n) is 15.6. The third kappa shape index (κ3) is 5.07. The highest BCUT2D eigenvalue weighted by molar-refractivity contribution is 5.94. The van der Waals surface area contributed by atoms with Crippen LogP contribution in [0.25, 0.3) is 0 Å². The molecule has 1 aromatic heterocycles. The van der Waals surface area contributed by atoms with Crippen molar-refractivity contribution in [1.29, 1.82) is 5.26 Å². The summed E-state index contributed by atoms with van der Waals surface area (Å²) in [5, 5.41) is 12.2. The molecule has 1 atom stereocenters. The average molecular weight is 363 g/mol. The number of amides is 1. The van der Waals surface area contributed by atoms with E-state index in [1.807, 2.05) is 6.07 Å². The summed E-state index contributed by atoms with van der Waals surface area (Å²) in [6.07, 6.45) is 7.80. The molecule has 0 unspecified atom stereocenters. The molecule has 5 nitrogen and oxygen atoms in total. The number of nitrogens with one attached hydrogen (secondary N) is 1. The van der Waals surface area contributed by atoms with Crippen LogP contribution >= 0.6 is 0 Å². The molecule has 1 saturated carbocycles. The number of ether oxygens (including phenoxy) is 1. The Hall–Kier alpha value is -2.87. The lowest BCUT2D eigenvalue weighted by molar-refractivity contribution is 0.0919. The standard InChI is InChI=1S/C22H25N3O2/c1-16(17-7-3-2-4-8-17)25-22(26)19-11-12-20(24-14-19)15-27-21-10-6-5-9-18(21)13-23/h5-6,9-12,14,16-17H,2-4,7-8,15H2,1H3,(H,25,26)/t16-/m1/s1. The number of rotatable bonds is 6. The van der Waals surface area contributed by atoms with Gasteiger partial charge in [0.2, 0.25) is 0 Å². The second kappa shape index (κ2) is 9.18. The minimum absolute atomic E-state index is 0.0807. The zero-order chi connectivity index (χ0) is 19.1. The summed E-state index contributed by atoms with van der Waals surface area (Å²) in [5.74, 6) is 1.02. The first-order valence-electron chi connectivity index (χ1n) is 9.55. The maximum Gasteiger partial charge on any atom is 0.253 e. The molecule has 0 spiro atoms. The smallest absolute Gasteiger partial charge is 0.253 e. The van der Waals surface area contributed by atoms with Crippen LogP contribution in [0.1, 0.15) is 60.6 Å². The minimum Gasteiger partial charge on any atom is -0.486 e. The summed E-state index contributed by atoms with van der Waals surface area (Å²) < 4.78 is 5.67. The van der Waals surface area contributed by atoms with E-state index in [1.165, 1.54) is 32.1 Å². The number of nitrogens with zero attached hydrogens (tertiary/aromatic N) is 2. The van der Waals surface area contributed by atoms with Crippen LogP contribution < -0.4 is 10.1 Å². The molecule has 1 heterocycles. The first kappa shape index (κ1) is 18.9. The van der Waals surface area contributed by atoms with Gasteiger partial charge in [-0.1, -0.05) is 31.4 Å². The van der Waals surface area contributed by atoms with Gasteiger partial charge in [-0.15, -0.1) is 0 Å². The molecule has 27 heavy (non-hydrogen) atoms. The Balaban J connectivity index is 1.55. The highest BCUT2D eigenvalue weighted by atomic mass is 16.5. The molecular formula is C22H25N3O2. The molecule has 0 saturated heterocycles. The summed E-state index contributed by atoms with van der Waals surface area (Å²) in [6, 6.07) is 12.9. The van der Waals surface area contributed by atoms with Gasteiger partial charge in [-0.3, -0.25) is 9.78 Å². The quantitative estimate of drug-likeness (QED) is 0.833. The van der Waals surface area contributed by atoms with E-state index in [4.69, 9.17) is 10.00 Å². The van der Waals surface area contributed by atoms with Gasteiger partial charge < -0.3 is 10.1 Å². The Bertz CT molecular complexity index is 805. The summed E-state index contributed by atoms with van der Waals surface area (Å²) >= 11 is 0. The molecule has 2 aromatic rings. The predicted octanol–water partition coefficient (Wildman–Crippen LogP) is 4.23. The van der Waals surface area contributed by atoms with Gasteiger partial charge in [0.25, 0.3) is 5.91 Å². The number of pyridine rings is 1. The molecule has 1 aromatic carbocycles. The van der Waals surface area contributed by atoms with E-state index >= 15 is 0 Å². The van der Waals surface area contributed by atoms with Crippen LogP contribution in [0.3, 0.4) is 0 Å². The van der Waals surface area contributed by atoms with Crippen molar-refractivity contribution < 1.29 is 9.53 Å². The summed E-state index contributed by atoms with van der Waals surface area (Å²) in [5.41, 5.74) is 1.75. The van der Waals surface area contributed by atoms with Gasteiger partial charge in [-0.2, -0.15) is 5.26 Å². The fraction of sp³-hybridized carbons (Fsp3) is 0.409. The Kier molecular flexibility index (Phi) is 6.43. The summed E-state index contributed by atoms with van der Waals surface area (Å²) in [7, 11) is 0. The molecule has 3 rings (SSSR count). The second-order valence-electron chi connectivity index (χ2n) is 7.10. The van der Waals surface area contributed by atoms with Gasteiger partial charge in [-0.05, 0) is 49.9 Å². The second-order valence-corrected chi connectivity index (χ2v) is 7.10. The lowest BCUT2D eigenvalue weighted by Crippen LogP contribution is -2.38. The van der Waals surface area contributed by atoms with Crippen molar-refractivity contribution in [3.05, 3.63) is 59.4 Å². The number of benzene rings is 1. The Morgan fingerprint density at radius 2 is 2.04 bits per heavy atom. The monoisotopic (exact) mass is 363 g/mol. The summed E-state index contributed by atoms with van der Waals surface area (Å²) in [6.45, 7) is 2.34. The number of hydrogen-bond donors (Lipinski definition) is 1. The van der Waals surface area contributed by atoms with E-state index in [9.17, 15) is 4.79 Å². The van der Waals surface area contributed by atoms with E-state index in [0.29, 0.717) is 28.5 Å². The number of aromatic nitrogens is 1. The van der Waals surface area contributed by atoms with Crippen LogP contribution in [-0.4, -0.2) is 16.9 Å². The molecular weight excluding hydrogens is 338 g/mol. The van der Waals surface area contributed by atoms with E-state index in [2.05, 4.69) is 23.3 Å². The minimum atomic E-state index is -0.0807. The van der Waals surface area contributed by atoms with Crippen molar-refractivity contribution in [2.45, 2.75) is 51.7 Å². The van der Waals surface area contributed by atoms with Gasteiger partial charge in [0.15, 0.2) is 0 Å². The lowest BCUT2D eigenvalue weighted by Gasteiger charge is -2.28. The molecule has 1 N–H and O–H groups in total. The number of hydrogen-bond acceptors (Lipinski definition) is 4. The molecule has 1 aliphatic carbocycles. The van der Waals surface area contributed by atoms with E-state index < -0.39 is 0 Å². The highest BCUT2D eigenvalue weighted by Crippen LogP contribution is 2.26. The SMILES string of the molecule is C[C@@H](NC(=O)c1ccc(COc2ccccc2C#N)nc1)C1CCCCC1. The van der Waals surface area contributed by atoms with Crippen molar-refractivity contribution in [2.24, 2.45) is 5.92 Å². The fourth-order valence-electron chi connectivity index (χ4n) is 3.52. The van der Waals surface area contributed by atoms with Gasteiger partial charge in [0, 0.05) is 12.2 Å². The Labute approximate surface area is 160 Å². The van der Waals surface area contributed by atoms with E-state index in [1.54, 1.807) is 36.5 Å². The van der Waals surface area contributed by atoms with Crippen molar-refractivity contribution >= 4 is 5.91 Å². The zero-order valence-corrected chi connectivity index (χ0v) is 15.6. The van der Waals surface area contributed by atoms with Gasteiger partial charge >= 0.3 is 0 Å². The molecule has 1 amide bonds. The maximum absolute atomic E-state index is 12.5. The van der Waals surface area contributed by atoms with Crippen LogP contribution in [0.2, 0.25) is 0 Å².